The van der Waals surface area contributed by atoms with E-state index in [9.17, 15) is 4.79 Å². The highest BCUT2D eigenvalue weighted by Crippen LogP contribution is 2.42. The normalized spacial score (nSPS) is 20.6. The van der Waals surface area contributed by atoms with E-state index < -0.39 is 0 Å². The van der Waals surface area contributed by atoms with Gasteiger partial charge in [-0.25, -0.2) is 0 Å². The molecule has 0 amide bonds. The van der Waals surface area contributed by atoms with E-state index in [1.165, 1.54) is 29.8 Å². The first-order chi connectivity index (χ1) is 6.90. The fraction of sp³-hybridized carbons (Fsp3) is 0.545. The Morgan fingerprint density at radius 3 is 2.93 bits per heavy atom. The zero-order chi connectivity index (χ0) is 9.54. The molecule has 0 spiro atoms. The van der Waals surface area contributed by atoms with Crippen LogP contribution in [0.4, 0.5) is 0 Å². The maximum absolute atomic E-state index is 11.0. The topological polar surface area (TPSA) is 44.9 Å². The molecule has 0 bridgehead atoms. The van der Waals surface area contributed by atoms with Gasteiger partial charge in [0, 0.05) is 36.5 Å². The molecule has 74 valence electrons. The second-order valence-electron chi connectivity index (χ2n) is 4.23. The summed E-state index contributed by atoms with van der Waals surface area (Å²) in [7, 11) is 0. The zero-order valence-electron chi connectivity index (χ0n) is 8.10. The predicted octanol–water partition coefficient (Wildman–Crippen LogP) is 1.35. The molecular weight excluding hydrogens is 176 g/mol. The predicted molar refractivity (Wildman–Crippen MR) is 53.6 cm³/mol. The summed E-state index contributed by atoms with van der Waals surface area (Å²) in [5.41, 5.74) is 4.64. The summed E-state index contributed by atoms with van der Waals surface area (Å²) in [4.78, 5) is 14.5. The van der Waals surface area contributed by atoms with Crippen LogP contribution in [0.1, 0.15) is 46.1 Å². The lowest BCUT2D eigenvalue weighted by Crippen LogP contribution is -2.23. The smallest absolute Gasteiger partial charge is 0.152 e. The highest BCUT2D eigenvalue weighted by atomic mass is 16.1. The van der Waals surface area contributed by atoms with Crippen LogP contribution in [0.15, 0.2) is 0 Å². The molecular formula is C11H14N2O. The van der Waals surface area contributed by atoms with Crippen molar-refractivity contribution in [3.05, 3.63) is 22.5 Å². The molecule has 3 heteroatoms. The maximum Gasteiger partial charge on any atom is 0.152 e. The van der Waals surface area contributed by atoms with Crippen LogP contribution in [-0.4, -0.2) is 17.8 Å². The number of aldehydes is 1. The highest BCUT2D eigenvalue weighted by molar-refractivity contribution is 5.80. The van der Waals surface area contributed by atoms with E-state index >= 15 is 0 Å². The number of fused-ring (bicyclic) bond motifs is 1. The zero-order valence-corrected chi connectivity index (χ0v) is 8.10. The third-order valence-electron chi connectivity index (χ3n) is 3.22. The van der Waals surface area contributed by atoms with E-state index in [0.717, 1.165) is 31.4 Å². The number of rotatable bonds is 2. The van der Waals surface area contributed by atoms with Gasteiger partial charge in [-0.3, -0.25) is 4.79 Å². The summed E-state index contributed by atoms with van der Waals surface area (Å²) in [5, 5.41) is 3.31. The Morgan fingerprint density at radius 1 is 1.36 bits per heavy atom. The number of hydrogen-bond donors (Lipinski definition) is 2. The second kappa shape index (κ2) is 2.95. The fourth-order valence-corrected chi connectivity index (χ4v) is 2.30. The number of carbonyl (C=O) groups is 1. The first-order valence-corrected chi connectivity index (χ1v) is 5.29. The Labute approximate surface area is 82.9 Å². The molecule has 3 nitrogen and oxygen atoms in total. The minimum atomic E-state index is 0.640. The van der Waals surface area contributed by atoms with Crippen LogP contribution < -0.4 is 5.32 Å². The van der Waals surface area contributed by atoms with E-state index in [4.69, 9.17) is 0 Å². The molecule has 1 aliphatic heterocycles. The summed E-state index contributed by atoms with van der Waals surface area (Å²) in [6, 6.07) is 0. The van der Waals surface area contributed by atoms with E-state index in [1.54, 1.807) is 0 Å². The molecule has 1 fully saturated rings. The van der Waals surface area contributed by atoms with Crippen LogP contribution in [0, 0.1) is 0 Å². The van der Waals surface area contributed by atoms with Crippen molar-refractivity contribution in [2.24, 2.45) is 0 Å². The summed E-state index contributed by atoms with van der Waals surface area (Å²) in [5.74, 6) is 0.640. The molecule has 1 aliphatic carbocycles. The van der Waals surface area contributed by atoms with Crippen molar-refractivity contribution in [3.8, 4) is 0 Å². The molecule has 1 aromatic rings. The van der Waals surface area contributed by atoms with Crippen LogP contribution in [0.25, 0.3) is 0 Å². The SMILES string of the molecule is O=Cc1c(C2CC2)[nH]c2c1CNCC2. The van der Waals surface area contributed by atoms with Gasteiger partial charge in [0.05, 0.1) is 0 Å². The molecule has 2 aliphatic rings. The average Bonchev–Trinajstić information content (AvgIpc) is 2.99. The Bertz CT molecular complexity index is 377. The monoisotopic (exact) mass is 190 g/mol. The van der Waals surface area contributed by atoms with Crippen molar-refractivity contribution in [3.63, 3.8) is 0 Å². The number of carbonyl (C=O) groups excluding carboxylic acids is 1. The van der Waals surface area contributed by atoms with E-state index in [0.29, 0.717) is 5.92 Å². The van der Waals surface area contributed by atoms with Crippen molar-refractivity contribution in [1.29, 1.82) is 0 Å². The highest BCUT2D eigenvalue weighted by Gasteiger charge is 2.30. The molecule has 0 aromatic carbocycles. The summed E-state index contributed by atoms with van der Waals surface area (Å²) in [6.45, 7) is 1.88. The molecule has 2 N–H and O–H groups in total. The third kappa shape index (κ3) is 1.12. The van der Waals surface area contributed by atoms with Crippen molar-refractivity contribution in [1.82, 2.24) is 10.3 Å². The lowest BCUT2D eigenvalue weighted by atomic mass is 10.0. The Balaban J connectivity index is 2.11. The standard InChI is InChI=1S/C11H14N2O/c14-6-9-8-5-12-4-3-10(8)13-11(9)7-1-2-7/h6-7,12-13H,1-5H2. The molecule has 1 aromatic heterocycles. The van der Waals surface area contributed by atoms with Gasteiger partial charge < -0.3 is 10.3 Å². The number of nitrogens with one attached hydrogen (secondary N) is 2. The number of H-pyrrole nitrogens is 1. The average molecular weight is 190 g/mol. The largest absolute Gasteiger partial charge is 0.361 e. The van der Waals surface area contributed by atoms with Crippen LogP contribution in [0.2, 0.25) is 0 Å². The van der Waals surface area contributed by atoms with E-state index in [2.05, 4.69) is 10.3 Å². The molecule has 14 heavy (non-hydrogen) atoms. The first-order valence-electron chi connectivity index (χ1n) is 5.29. The quantitative estimate of drug-likeness (QED) is 0.691. The van der Waals surface area contributed by atoms with Gasteiger partial charge in [0.1, 0.15) is 0 Å². The van der Waals surface area contributed by atoms with Gasteiger partial charge >= 0.3 is 0 Å². The molecule has 0 radical (unpaired) electrons. The van der Waals surface area contributed by atoms with Gasteiger partial charge in [-0.15, -0.1) is 0 Å². The van der Waals surface area contributed by atoms with Gasteiger partial charge in [-0.1, -0.05) is 0 Å². The fourth-order valence-electron chi connectivity index (χ4n) is 2.30. The third-order valence-corrected chi connectivity index (χ3v) is 3.22. The molecule has 0 unspecified atom stereocenters. The van der Waals surface area contributed by atoms with Crippen LogP contribution in [-0.2, 0) is 13.0 Å². The van der Waals surface area contributed by atoms with Gasteiger partial charge in [0.15, 0.2) is 6.29 Å². The minimum absolute atomic E-state index is 0.640. The number of hydrogen-bond acceptors (Lipinski definition) is 2. The van der Waals surface area contributed by atoms with Gasteiger partial charge in [-0.2, -0.15) is 0 Å². The Kier molecular flexibility index (Phi) is 1.74. The molecule has 2 heterocycles. The second-order valence-corrected chi connectivity index (χ2v) is 4.23. The van der Waals surface area contributed by atoms with Crippen molar-refractivity contribution in [2.75, 3.05) is 6.54 Å². The number of aromatic amines is 1. The molecule has 3 rings (SSSR count). The van der Waals surface area contributed by atoms with Gasteiger partial charge in [-0.05, 0) is 24.3 Å². The van der Waals surface area contributed by atoms with Gasteiger partial charge in [0.25, 0.3) is 0 Å². The summed E-state index contributed by atoms with van der Waals surface area (Å²) < 4.78 is 0. The summed E-state index contributed by atoms with van der Waals surface area (Å²) in [6.07, 6.45) is 4.54. The van der Waals surface area contributed by atoms with Crippen LogP contribution in [0.3, 0.4) is 0 Å². The Hall–Kier alpha value is -1.09. The molecule has 0 saturated heterocycles. The van der Waals surface area contributed by atoms with Crippen molar-refractivity contribution < 1.29 is 4.79 Å². The lowest BCUT2D eigenvalue weighted by Gasteiger charge is -2.12. The van der Waals surface area contributed by atoms with E-state index in [-0.39, 0.29) is 0 Å². The molecule has 0 atom stereocenters. The first kappa shape index (κ1) is 8.24. The maximum atomic E-state index is 11.0. The Morgan fingerprint density at radius 2 is 2.21 bits per heavy atom. The minimum Gasteiger partial charge on any atom is -0.361 e. The van der Waals surface area contributed by atoms with Crippen LogP contribution in [0.5, 0.6) is 0 Å². The van der Waals surface area contributed by atoms with Crippen LogP contribution >= 0.6 is 0 Å². The summed E-state index contributed by atoms with van der Waals surface area (Å²) >= 11 is 0. The molecule has 1 saturated carbocycles. The van der Waals surface area contributed by atoms with Crippen molar-refractivity contribution in [2.45, 2.75) is 31.7 Å². The van der Waals surface area contributed by atoms with Crippen molar-refractivity contribution >= 4 is 6.29 Å². The van der Waals surface area contributed by atoms with Gasteiger partial charge in [0.2, 0.25) is 0 Å². The number of aromatic nitrogens is 1. The van der Waals surface area contributed by atoms with E-state index in [1.807, 2.05) is 0 Å². The lowest BCUT2D eigenvalue weighted by molar-refractivity contribution is 0.112.